The van der Waals surface area contributed by atoms with Gasteiger partial charge in [0, 0.05) is 11.8 Å². The van der Waals surface area contributed by atoms with E-state index >= 15 is 0 Å². The van der Waals surface area contributed by atoms with Gasteiger partial charge in [0.25, 0.3) is 5.91 Å². The van der Waals surface area contributed by atoms with Gasteiger partial charge >= 0.3 is 0 Å². The predicted molar refractivity (Wildman–Crippen MR) is 89.4 cm³/mol. The number of aryl methyl sites for hydroxylation is 1. The molecule has 1 aliphatic rings. The molecule has 0 radical (unpaired) electrons. The van der Waals surface area contributed by atoms with Crippen LogP contribution in [-0.4, -0.2) is 28.6 Å². The minimum absolute atomic E-state index is 0.167. The van der Waals surface area contributed by atoms with Crippen molar-refractivity contribution in [3.8, 4) is 0 Å². The van der Waals surface area contributed by atoms with Crippen molar-refractivity contribution in [3.05, 3.63) is 41.4 Å². The van der Waals surface area contributed by atoms with Crippen LogP contribution in [0.5, 0.6) is 0 Å². The van der Waals surface area contributed by atoms with Gasteiger partial charge in [0.1, 0.15) is 11.8 Å². The molecular weight excluding hydrogens is 314 g/mol. The molecule has 3 N–H and O–H groups in total. The number of benzene rings is 1. The predicted octanol–water partition coefficient (Wildman–Crippen LogP) is 1.51. The van der Waals surface area contributed by atoms with Gasteiger partial charge in [-0.1, -0.05) is 18.2 Å². The zero-order chi connectivity index (χ0) is 16.4. The first kappa shape index (κ1) is 15.2. The highest BCUT2D eigenvalue weighted by Gasteiger charge is 2.35. The number of hydrogen-bond donors (Lipinski definition) is 2. The average Bonchev–Trinajstić information content (AvgIpc) is 3.15. The van der Waals surface area contributed by atoms with E-state index in [0.29, 0.717) is 10.8 Å². The number of thiazole rings is 1. The van der Waals surface area contributed by atoms with Gasteiger partial charge in [-0.2, -0.15) is 5.10 Å². The standard InChI is InChI=1S/C15H15N5O2S/c1-9-8-23-15(17-9)18-14(22)11-7-12(13(16)21)20(19-11)10-5-3-2-4-6-10/h2-6,8,12H,7H2,1H3,(H2,16,21)(H,17,18,22). The third kappa shape index (κ3) is 3.21. The minimum atomic E-state index is -0.670. The van der Waals surface area contributed by atoms with Crippen LogP contribution in [-0.2, 0) is 9.59 Å². The summed E-state index contributed by atoms with van der Waals surface area (Å²) in [5, 5.41) is 10.8. The van der Waals surface area contributed by atoms with E-state index in [1.165, 1.54) is 16.3 Å². The lowest BCUT2D eigenvalue weighted by atomic mass is 10.1. The Labute approximate surface area is 136 Å². The van der Waals surface area contributed by atoms with Crippen LogP contribution in [0.4, 0.5) is 10.8 Å². The second-order valence-electron chi connectivity index (χ2n) is 5.10. The van der Waals surface area contributed by atoms with Gasteiger partial charge in [-0.25, -0.2) is 4.98 Å². The maximum Gasteiger partial charge on any atom is 0.273 e. The fourth-order valence-electron chi connectivity index (χ4n) is 2.27. The number of primary amides is 1. The molecule has 1 aromatic carbocycles. The highest BCUT2D eigenvalue weighted by molar-refractivity contribution is 7.14. The summed E-state index contributed by atoms with van der Waals surface area (Å²) < 4.78 is 0. The molecule has 0 fully saturated rings. The SMILES string of the molecule is Cc1csc(NC(=O)C2=NN(c3ccccc3)C(C(N)=O)C2)n1. The van der Waals surface area contributed by atoms with Crippen LogP contribution in [0.15, 0.2) is 40.8 Å². The van der Waals surface area contributed by atoms with Gasteiger partial charge in [-0.15, -0.1) is 11.3 Å². The molecule has 0 saturated heterocycles. The second-order valence-corrected chi connectivity index (χ2v) is 5.96. The number of nitrogens with zero attached hydrogens (tertiary/aromatic N) is 3. The van der Waals surface area contributed by atoms with Crippen molar-refractivity contribution in [3.63, 3.8) is 0 Å². The molecule has 1 unspecified atom stereocenters. The van der Waals surface area contributed by atoms with E-state index in [1.807, 2.05) is 42.6 Å². The number of nitrogens with one attached hydrogen (secondary N) is 1. The zero-order valence-electron chi connectivity index (χ0n) is 12.4. The fraction of sp³-hybridized carbons (Fsp3) is 0.200. The summed E-state index contributed by atoms with van der Waals surface area (Å²) in [6.45, 7) is 1.85. The lowest BCUT2D eigenvalue weighted by molar-refractivity contribution is -0.119. The van der Waals surface area contributed by atoms with Crippen LogP contribution < -0.4 is 16.1 Å². The van der Waals surface area contributed by atoms with Gasteiger partial charge in [0.15, 0.2) is 5.13 Å². The van der Waals surface area contributed by atoms with Gasteiger partial charge in [0.2, 0.25) is 5.91 Å². The van der Waals surface area contributed by atoms with Crippen molar-refractivity contribution in [1.29, 1.82) is 0 Å². The summed E-state index contributed by atoms with van der Waals surface area (Å²) in [4.78, 5) is 28.2. The maximum absolute atomic E-state index is 12.3. The zero-order valence-corrected chi connectivity index (χ0v) is 13.2. The van der Waals surface area contributed by atoms with E-state index in [4.69, 9.17) is 5.73 Å². The number of hydrogen-bond acceptors (Lipinski definition) is 6. The van der Waals surface area contributed by atoms with Crippen LogP contribution >= 0.6 is 11.3 Å². The first-order valence-corrected chi connectivity index (χ1v) is 7.87. The summed E-state index contributed by atoms with van der Waals surface area (Å²) in [5.74, 6) is -0.894. The molecule has 3 rings (SSSR count). The molecule has 2 amide bonds. The van der Waals surface area contributed by atoms with Crippen LogP contribution in [0.3, 0.4) is 0 Å². The number of anilines is 2. The van der Waals surface area contributed by atoms with Crippen molar-refractivity contribution in [1.82, 2.24) is 4.98 Å². The van der Waals surface area contributed by atoms with Crippen LogP contribution in [0.1, 0.15) is 12.1 Å². The Morgan fingerprint density at radius 2 is 2.09 bits per heavy atom. The van der Waals surface area contributed by atoms with E-state index in [9.17, 15) is 9.59 Å². The molecule has 1 atom stereocenters. The number of carbonyl (C=O) groups excluding carboxylic acids is 2. The lowest BCUT2D eigenvalue weighted by Crippen LogP contribution is -2.39. The molecule has 0 aliphatic carbocycles. The molecular formula is C15H15N5O2S. The molecule has 1 aromatic heterocycles. The monoisotopic (exact) mass is 329 g/mol. The molecule has 1 aliphatic heterocycles. The average molecular weight is 329 g/mol. The topological polar surface area (TPSA) is 101 Å². The maximum atomic E-state index is 12.3. The largest absolute Gasteiger partial charge is 0.368 e. The summed E-state index contributed by atoms with van der Waals surface area (Å²) in [6.07, 6.45) is 0.167. The third-order valence-electron chi connectivity index (χ3n) is 3.36. The normalized spacial score (nSPS) is 17.0. The summed E-state index contributed by atoms with van der Waals surface area (Å²) in [5.41, 5.74) is 7.25. The van der Waals surface area contributed by atoms with Gasteiger partial charge in [0.05, 0.1) is 11.4 Å². The molecule has 118 valence electrons. The van der Waals surface area contributed by atoms with Crippen molar-refractivity contribution in [2.24, 2.45) is 10.8 Å². The molecule has 7 nitrogen and oxygen atoms in total. The first-order valence-electron chi connectivity index (χ1n) is 6.99. The lowest BCUT2D eigenvalue weighted by Gasteiger charge is -2.20. The van der Waals surface area contributed by atoms with Crippen LogP contribution in [0, 0.1) is 6.92 Å². The molecule has 2 aromatic rings. The van der Waals surface area contributed by atoms with Crippen LogP contribution in [0.2, 0.25) is 0 Å². The molecule has 0 saturated carbocycles. The van der Waals surface area contributed by atoms with Gasteiger partial charge in [-0.05, 0) is 19.1 Å². The Balaban J connectivity index is 1.82. The summed E-state index contributed by atoms with van der Waals surface area (Å²) in [7, 11) is 0. The first-order chi connectivity index (χ1) is 11.0. The van der Waals surface area contributed by atoms with Crippen molar-refractivity contribution in [2.75, 3.05) is 10.3 Å². The Morgan fingerprint density at radius 1 is 1.35 bits per heavy atom. The number of carbonyl (C=O) groups is 2. The van der Waals surface area contributed by atoms with E-state index in [-0.39, 0.29) is 18.0 Å². The van der Waals surface area contributed by atoms with E-state index < -0.39 is 11.9 Å². The smallest absolute Gasteiger partial charge is 0.273 e. The van der Waals surface area contributed by atoms with E-state index in [2.05, 4.69) is 15.4 Å². The molecule has 23 heavy (non-hydrogen) atoms. The number of amides is 2. The van der Waals surface area contributed by atoms with Crippen molar-refractivity contribution >= 4 is 39.7 Å². The van der Waals surface area contributed by atoms with Gasteiger partial charge in [-0.3, -0.25) is 19.9 Å². The second kappa shape index (κ2) is 6.17. The van der Waals surface area contributed by atoms with E-state index in [0.717, 1.165) is 5.69 Å². The fourth-order valence-corrected chi connectivity index (χ4v) is 2.95. The number of rotatable bonds is 4. The molecule has 8 heteroatoms. The quantitative estimate of drug-likeness (QED) is 0.888. The van der Waals surface area contributed by atoms with Crippen LogP contribution in [0.25, 0.3) is 0 Å². The number of nitrogens with two attached hydrogens (primary N) is 1. The van der Waals surface area contributed by atoms with Crippen molar-refractivity contribution in [2.45, 2.75) is 19.4 Å². The summed E-state index contributed by atoms with van der Waals surface area (Å²) in [6, 6.07) is 8.48. The number of hydrazone groups is 1. The molecule has 0 bridgehead atoms. The summed E-state index contributed by atoms with van der Waals surface area (Å²) >= 11 is 1.34. The highest BCUT2D eigenvalue weighted by Crippen LogP contribution is 2.25. The Kier molecular flexibility index (Phi) is 4.07. The molecule has 0 spiro atoms. The molecule has 2 heterocycles. The highest BCUT2D eigenvalue weighted by atomic mass is 32.1. The van der Waals surface area contributed by atoms with Gasteiger partial charge < -0.3 is 5.73 Å². The number of aromatic nitrogens is 1. The Morgan fingerprint density at radius 3 is 2.70 bits per heavy atom. The minimum Gasteiger partial charge on any atom is -0.368 e. The van der Waals surface area contributed by atoms with Crippen molar-refractivity contribution < 1.29 is 9.59 Å². The third-order valence-corrected chi connectivity index (χ3v) is 4.24. The number of para-hydroxylation sites is 1. The van der Waals surface area contributed by atoms with E-state index in [1.54, 1.807) is 0 Å². The Hall–Kier alpha value is -2.74. The Bertz CT molecular complexity index is 771.